The van der Waals surface area contributed by atoms with Gasteiger partial charge in [0.25, 0.3) is 0 Å². The standard InChI is InChI=1S/C16H22N6.3ClH/c1-19-13-5-6-22(10-13)15-8-14(20-16(18)21-15)12-4-2-3-11(7-12)9-17;;;/h2-4,7-8,13,19H,5-6,9-10,17H2,1H3,(H2,18,20,21);3*1H. The van der Waals surface area contributed by atoms with Gasteiger partial charge in [-0.25, -0.2) is 4.98 Å². The van der Waals surface area contributed by atoms with Crippen LogP contribution in [-0.2, 0) is 6.54 Å². The third-order valence-corrected chi connectivity index (χ3v) is 4.11. The zero-order valence-corrected chi connectivity index (χ0v) is 16.5. The quantitative estimate of drug-likeness (QED) is 0.720. The van der Waals surface area contributed by atoms with Crippen LogP contribution in [0.25, 0.3) is 11.3 Å². The van der Waals surface area contributed by atoms with Gasteiger partial charge >= 0.3 is 0 Å². The van der Waals surface area contributed by atoms with Crippen LogP contribution < -0.4 is 21.7 Å². The first-order valence-corrected chi connectivity index (χ1v) is 7.55. The van der Waals surface area contributed by atoms with Crippen LogP contribution in [0, 0.1) is 0 Å². The van der Waals surface area contributed by atoms with Crippen LogP contribution in [0.2, 0.25) is 0 Å². The molecule has 0 spiro atoms. The minimum Gasteiger partial charge on any atom is -0.368 e. The van der Waals surface area contributed by atoms with Gasteiger partial charge in [0.2, 0.25) is 5.95 Å². The van der Waals surface area contributed by atoms with Crippen molar-refractivity contribution >= 4 is 49.0 Å². The lowest BCUT2D eigenvalue weighted by Crippen LogP contribution is -2.30. The SMILES string of the molecule is CNC1CCN(c2cc(-c3cccc(CN)c3)nc(N)n2)C1.Cl.Cl.Cl. The smallest absolute Gasteiger partial charge is 0.222 e. The Hall–Kier alpha value is -1.31. The summed E-state index contributed by atoms with van der Waals surface area (Å²) in [4.78, 5) is 11.0. The molecule has 3 rings (SSSR count). The minimum atomic E-state index is 0. The molecule has 6 nitrogen and oxygen atoms in total. The number of nitrogens with one attached hydrogen (secondary N) is 1. The Morgan fingerprint density at radius 3 is 2.60 bits per heavy atom. The van der Waals surface area contributed by atoms with Crippen molar-refractivity contribution in [1.29, 1.82) is 0 Å². The maximum Gasteiger partial charge on any atom is 0.222 e. The predicted molar refractivity (Wildman–Crippen MR) is 111 cm³/mol. The summed E-state index contributed by atoms with van der Waals surface area (Å²) in [6.45, 7) is 2.43. The van der Waals surface area contributed by atoms with Crippen LogP contribution in [0.3, 0.4) is 0 Å². The van der Waals surface area contributed by atoms with E-state index in [1.54, 1.807) is 0 Å². The first-order chi connectivity index (χ1) is 10.7. The fraction of sp³-hybridized carbons (Fsp3) is 0.375. The van der Waals surface area contributed by atoms with Crippen molar-refractivity contribution in [3.8, 4) is 11.3 Å². The molecular weight excluding hydrogens is 383 g/mol. The number of likely N-dealkylation sites (N-methyl/N-ethyl adjacent to an activating group) is 1. The van der Waals surface area contributed by atoms with Crippen molar-refractivity contribution in [2.24, 2.45) is 5.73 Å². The summed E-state index contributed by atoms with van der Waals surface area (Å²) in [5.74, 6) is 1.19. The van der Waals surface area contributed by atoms with Crippen molar-refractivity contribution in [1.82, 2.24) is 15.3 Å². The highest BCUT2D eigenvalue weighted by molar-refractivity contribution is 5.86. The molecule has 2 heterocycles. The summed E-state index contributed by atoms with van der Waals surface area (Å²) in [6.07, 6.45) is 1.11. The van der Waals surface area contributed by atoms with Gasteiger partial charge < -0.3 is 21.7 Å². The van der Waals surface area contributed by atoms with Crippen molar-refractivity contribution in [3.05, 3.63) is 35.9 Å². The van der Waals surface area contributed by atoms with Gasteiger partial charge in [0.15, 0.2) is 0 Å². The lowest BCUT2D eigenvalue weighted by atomic mass is 10.1. The fourth-order valence-corrected chi connectivity index (χ4v) is 2.82. The molecule has 2 aromatic rings. The zero-order valence-electron chi connectivity index (χ0n) is 14.0. The first-order valence-electron chi connectivity index (χ1n) is 7.55. The van der Waals surface area contributed by atoms with Gasteiger partial charge in [-0.1, -0.05) is 18.2 Å². The van der Waals surface area contributed by atoms with Crippen LogP contribution in [0.15, 0.2) is 30.3 Å². The number of nitrogens with zero attached hydrogens (tertiary/aromatic N) is 3. The van der Waals surface area contributed by atoms with Gasteiger partial charge in [-0.15, -0.1) is 37.2 Å². The van der Waals surface area contributed by atoms with E-state index in [0.717, 1.165) is 42.1 Å². The lowest BCUT2D eigenvalue weighted by Gasteiger charge is -2.18. The maximum atomic E-state index is 5.91. The number of rotatable bonds is 4. The van der Waals surface area contributed by atoms with Crippen LogP contribution in [0.4, 0.5) is 11.8 Å². The Kier molecular flexibility index (Phi) is 10.1. The van der Waals surface area contributed by atoms with Crippen molar-refractivity contribution in [2.45, 2.75) is 19.0 Å². The van der Waals surface area contributed by atoms with Gasteiger partial charge in [0.1, 0.15) is 5.82 Å². The molecular formula is C16H25Cl3N6. The van der Waals surface area contributed by atoms with E-state index in [-0.39, 0.29) is 37.2 Å². The summed E-state index contributed by atoms with van der Waals surface area (Å²) < 4.78 is 0. The van der Waals surface area contributed by atoms with Gasteiger partial charge in [-0.3, -0.25) is 0 Å². The average molecular weight is 408 g/mol. The molecule has 25 heavy (non-hydrogen) atoms. The highest BCUT2D eigenvalue weighted by Crippen LogP contribution is 2.25. The Balaban J connectivity index is 0.00000192. The maximum absolute atomic E-state index is 5.91. The van der Waals surface area contributed by atoms with Crippen LogP contribution >= 0.6 is 37.2 Å². The predicted octanol–water partition coefficient (Wildman–Crippen LogP) is 2.25. The van der Waals surface area contributed by atoms with E-state index in [4.69, 9.17) is 11.5 Å². The molecule has 0 saturated carbocycles. The van der Waals surface area contributed by atoms with Gasteiger partial charge in [0, 0.05) is 37.3 Å². The van der Waals surface area contributed by atoms with E-state index < -0.39 is 0 Å². The summed E-state index contributed by atoms with van der Waals surface area (Å²) in [5.41, 5.74) is 14.6. The molecule has 9 heteroatoms. The summed E-state index contributed by atoms with van der Waals surface area (Å²) in [7, 11) is 1.99. The Bertz CT molecular complexity index is 670. The van der Waals surface area contributed by atoms with E-state index in [1.165, 1.54) is 0 Å². The first kappa shape index (κ1) is 23.7. The molecule has 1 aromatic heterocycles. The summed E-state index contributed by atoms with van der Waals surface area (Å²) >= 11 is 0. The summed E-state index contributed by atoms with van der Waals surface area (Å²) in [6, 6.07) is 10.6. The average Bonchev–Trinajstić information content (AvgIpc) is 3.03. The molecule has 1 atom stereocenters. The summed E-state index contributed by atoms with van der Waals surface area (Å²) in [5, 5.41) is 3.31. The number of hydrogen-bond donors (Lipinski definition) is 3. The number of aromatic nitrogens is 2. The third kappa shape index (κ3) is 5.59. The van der Waals surface area contributed by atoms with Crippen LogP contribution in [0.1, 0.15) is 12.0 Å². The second-order valence-electron chi connectivity index (χ2n) is 5.59. The normalized spacial score (nSPS) is 15.8. The van der Waals surface area contributed by atoms with Crippen LogP contribution in [-0.4, -0.2) is 36.1 Å². The van der Waals surface area contributed by atoms with E-state index in [2.05, 4.69) is 20.2 Å². The molecule has 0 amide bonds. The number of nitrogen functional groups attached to an aromatic ring is 1. The molecule has 1 aliphatic rings. The number of nitrogens with two attached hydrogens (primary N) is 2. The van der Waals surface area contributed by atoms with Gasteiger partial charge in [0.05, 0.1) is 5.69 Å². The largest absolute Gasteiger partial charge is 0.368 e. The highest BCUT2D eigenvalue weighted by atomic mass is 35.5. The van der Waals surface area contributed by atoms with E-state index in [9.17, 15) is 0 Å². The second kappa shape index (κ2) is 10.6. The number of benzene rings is 1. The molecule has 1 fully saturated rings. The Labute approximate surface area is 167 Å². The number of anilines is 2. The van der Waals surface area contributed by atoms with E-state index in [1.807, 2.05) is 37.4 Å². The molecule has 140 valence electrons. The van der Waals surface area contributed by atoms with Crippen molar-refractivity contribution in [2.75, 3.05) is 30.8 Å². The lowest BCUT2D eigenvalue weighted by molar-refractivity contribution is 0.616. The van der Waals surface area contributed by atoms with Crippen LogP contribution in [0.5, 0.6) is 0 Å². The van der Waals surface area contributed by atoms with Crippen molar-refractivity contribution in [3.63, 3.8) is 0 Å². The molecule has 0 radical (unpaired) electrons. The molecule has 1 unspecified atom stereocenters. The number of hydrogen-bond acceptors (Lipinski definition) is 6. The Morgan fingerprint density at radius 2 is 1.96 bits per heavy atom. The highest BCUT2D eigenvalue weighted by Gasteiger charge is 2.22. The topological polar surface area (TPSA) is 93.1 Å². The fourth-order valence-electron chi connectivity index (χ4n) is 2.82. The molecule has 1 saturated heterocycles. The van der Waals surface area contributed by atoms with Gasteiger partial charge in [-0.2, -0.15) is 4.98 Å². The van der Waals surface area contributed by atoms with E-state index in [0.29, 0.717) is 18.5 Å². The Morgan fingerprint density at radius 1 is 1.20 bits per heavy atom. The van der Waals surface area contributed by atoms with Crippen molar-refractivity contribution < 1.29 is 0 Å². The minimum absolute atomic E-state index is 0. The molecule has 1 aliphatic heterocycles. The molecule has 1 aromatic carbocycles. The zero-order chi connectivity index (χ0) is 15.5. The molecule has 0 bridgehead atoms. The monoisotopic (exact) mass is 406 g/mol. The van der Waals surface area contributed by atoms with E-state index >= 15 is 0 Å². The second-order valence-corrected chi connectivity index (χ2v) is 5.59. The molecule has 0 aliphatic carbocycles. The third-order valence-electron chi connectivity index (χ3n) is 4.11. The molecule has 5 N–H and O–H groups in total. The van der Waals surface area contributed by atoms with Gasteiger partial charge in [-0.05, 0) is 25.1 Å². The number of halogens is 3.